The normalized spacial score (nSPS) is 27.0. The SMILES string of the molecule is CCC1(c2cccc(-c3ccnc4c3CCCC4)c2)C2=CN=NC2NC2=C1C(=O)CC(C)(C)C2. The molecular formula is C29H32N4O. The van der Waals surface area contributed by atoms with E-state index in [1.165, 1.54) is 40.8 Å². The van der Waals surface area contributed by atoms with Crippen LogP contribution in [0.15, 0.2) is 69.8 Å². The molecule has 4 aliphatic rings. The van der Waals surface area contributed by atoms with Crippen LogP contribution in [-0.2, 0) is 23.1 Å². The van der Waals surface area contributed by atoms with Crippen LogP contribution in [0.4, 0.5) is 0 Å². The molecule has 174 valence electrons. The van der Waals surface area contributed by atoms with Crippen molar-refractivity contribution in [3.63, 3.8) is 0 Å². The Labute approximate surface area is 201 Å². The third-order valence-electron chi connectivity index (χ3n) is 8.21. The van der Waals surface area contributed by atoms with Crippen LogP contribution in [0.2, 0.25) is 0 Å². The molecule has 2 aliphatic heterocycles. The average Bonchev–Trinajstić information content (AvgIpc) is 3.30. The maximum atomic E-state index is 13.7. The van der Waals surface area contributed by atoms with Crippen molar-refractivity contribution in [3.05, 3.63) is 76.4 Å². The Bertz CT molecular complexity index is 1280. The van der Waals surface area contributed by atoms with Gasteiger partial charge in [0.05, 0.1) is 11.6 Å². The topological polar surface area (TPSA) is 66.7 Å². The minimum atomic E-state index is -0.508. The van der Waals surface area contributed by atoms with Gasteiger partial charge in [0, 0.05) is 35.2 Å². The number of hydrogen-bond acceptors (Lipinski definition) is 5. The number of rotatable bonds is 3. The zero-order chi connectivity index (χ0) is 23.5. The second kappa shape index (κ2) is 7.72. The first-order chi connectivity index (χ1) is 16.4. The fourth-order valence-corrected chi connectivity index (χ4v) is 6.74. The molecule has 1 N–H and O–H groups in total. The van der Waals surface area contributed by atoms with E-state index in [2.05, 4.69) is 71.6 Å². The molecule has 2 aromatic rings. The quantitative estimate of drug-likeness (QED) is 0.603. The molecule has 2 unspecified atom stereocenters. The van der Waals surface area contributed by atoms with Gasteiger partial charge in [-0.1, -0.05) is 39.0 Å². The van der Waals surface area contributed by atoms with Crippen molar-refractivity contribution in [3.8, 4) is 11.1 Å². The lowest BCUT2D eigenvalue weighted by molar-refractivity contribution is -0.119. The lowest BCUT2D eigenvalue weighted by atomic mass is 9.58. The second-order valence-corrected chi connectivity index (χ2v) is 11.0. The molecule has 0 saturated carbocycles. The third kappa shape index (κ3) is 3.13. The number of nitrogens with zero attached hydrogens (tertiary/aromatic N) is 3. The summed E-state index contributed by atoms with van der Waals surface area (Å²) in [6.07, 6.45) is 10.4. The maximum absolute atomic E-state index is 13.7. The van der Waals surface area contributed by atoms with Gasteiger partial charge in [-0.3, -0.25) is 9.78 Å². The zero-order valence-electron chi connectivity index (χ0n) is 20.3. The number of aromatic nitrogens is 1. The van der Waals surface area contributed by atoms with E-state index >= 15 is 0 Å². The van der Waals surface area contributed by atoms with Gasteiger partial charge in [0.25, 0.3) is 0 Å². The molecular weight excluding hydrogens is 420 g/mol. The van der Waals surface area contributed by atoms with E-state index < -0.39 is 5.41 Å². The van der Waals surface area contributed by atoms with Gasteiger partial charge in [0.2, 0.25) is 0 Å². The van der Waals surface area contributed by atoms with Gasteiger partial charge < -0.3 is 5.32 Å². The summed E-state index contributed by atoms with van der Waals surface area (Å²) in [7, 11) is 0. The Balaban J connectivity index is 1.55. The summed E-state index contributed by atoms with van der Waals surface area (Å²) < 4.78 is 0. The monoisotopic (exact) mass is 452 g/mol. The standard InChI is InChI=1S/C29H32N4O/c1-4-29(22-17-31-33-27(22)32-24-15-28(2,3)16-25(34)26(24)29)19-9-7-8-18(14-19)20-12-13-30-23-11-6-5-10-21(20)23/h7-9,12-14,17,27,32H,4-6,10-11,15-16H2,1-3H3. The maximum Gasteiger partial charge on any atom is 0.164 e. The number of carbonyl (C=O) groups excluding carboxylic acids is 1. The highest BCUT2D eigenvalue weighted by atomic mass is 16.1. The molecule has 3 heterocycles. The third-order valence-corrected chi connectivity index (χ3v) is 8.21. The summed E-state index contributed by atoms with van der Waals surface area (Å²) in [4.78, 5) is 18.4. The van der Waals surface area contributed by atoms with Crippen molar-refractivity contribution in [2.45, 2.75) is 77.3 Å². The number of Topliss-reactive ketones (excluding diaryl/α,β-unsaturated/α-hetero) is 1. The number of nitrogens with one attached hydrogen (secondary N) is 1. The molecule has 0 saturated heterocycles. The molecule has 0 radical (unpaired) electrons. The largest absolute Gasteiger partial charge is 0.362 e. The van der Waals surface area contributed by atoms with Crippen molar-refractivity contribution >= 4 is 5.78 Å². The summed E-state index contributed by atoms with van der Waals surface area (Å²) in [5, 5.41) is 12.4. The van der Waals surface area contributed by atoms with Gasteiger partial charge >= 0.3 is 0 Å². The Morgan fingerprint density at radius 3 is 2.82 bits per heavy atom. The second-order valence-electron chi connectivity index (χ2n) is 11.0. The number of hydrogen-bond donors (Lipinski definition) is 1. The molecule has 0 bridgehead atoms. The highest BCUT2D eigenvalue weighted by Gasteiger charge is 2.53. The van der Waals surface area contributed by atoms with Crippen molar-refractivity contribution in [1.29, 1.82) is 0 Å². The molecule has 2 atom stereocenters. The van der Waals surface area contributed by atoms with E-state index in [4.69, 9.17) is 0 Å². The molecule has 6 rings (SSSR count). The summed E-state index contributed by atoms with van der Waals surface area (Å²) in [5.74, 6) is 0.249. The van der Waals surface area contributed by atoms with Crippen LogP contribution in [-0.4, -0.2) is 16.9 Å². The molecule has 5 nitrogen and oxygen atoms in total. The minimum Gasteiger partial charge on any atom is -0.362 e. The van der Waals surface area contributed by atoms with Crippen molar-refractivity contribution in [1.82, 2.24) is 10.3 Å². The number of pyridine rings is 1. The summed E-state index contributed by atoms with van der Waals surface area (Å²) >= 11 is 0. The number of allylic oxidation sites excluding steroid dienone is 2. The molecule has 1 aromatic carbocycles. The van der Waals surface area contributed by atoms with Crippen LogP contribution in [0.1, 0.15) is 69.7 Å². The number of benzene rings is 1. The van der Waals surface area contributed by atoms with Crippen LogP contribution in [0.3, 0.4) is 0 Å². The molecule has 0 fully saturated rings. The van der Waals surface area contributed by atoms with Crippen LogP contribution in [0.25, 0.3) is 11.1 Å². The molecule has 34 heavy (non-hydrogen) atoms. The Hall–Kier alpha value is -3.08. The Kier molecular flexibility index (Phi) is 4.87. The van der Waals surface area contributed by atoms with Crippen molar-refractivity contribution in [2.24, 2.45) is 15.6 Å². The minimum absolute atomic E-state index is 0.0582. The average molecular weight is 453 g/mol. The van der Waals surface area contributed by atoms with Gasteiger partial charge in [-0.15, -0.1) is 0 Å². The van der Waals surface area contributed by atoms with E-state index in [9.17, 15) is 4.79 Å². The number of fused-ring (bicyclic) bond motifs is 2. The summed E-state index contributed by atoms with van der Waals surface area (Å²) in [6, 6.07) is 11.0. The van der Waals surface area contributed by atoms with Crippen molar-refractivity contribution < 1.29 is 4.79 Å². The molecule has 1 aromatic heterocycles. The number of aryl methyl sites for hydroxylation is 1. The van der Waals surface area contributed by atoms with Crippen LogP contribution >= 0.6 is 0 Å². The highest BCUT2D eigenvalue weighted by Crippen LogP contribution is 2.54. The van der Waals surface area contributed by atoms with Gasteiger partial charge in [-0.25, -0.2) is 0 Å². The first kappa shape index (κ1) is 21.5. The van der Waals surface area contributed by atoms with E-state index in [1.54, 1.807) is 0 Å². The van der Waals surface area contributed by atoms with Crippen LogP contribution in [0.5, 0.6) is 0 Å². The fraction of sp³-hybridized carbons (Fsp3) is 0.448. The zero-order valence-corrected chi connectivity index (χ0v) is 20.3. The fourth-order valence-electron chi connectivity index (χ4n) is 6.74. The van der Waals surface area contributed by atoms with Crippen LogP contribution in [0, 0.1) is 5.41 Å². The number of azo groups is 1. The van der Waals surface area contributed by atoms with Gasteiger partial charge in [-0.05, 0) is 78.3 Å². The van der Waals surface area contributed by atoms with Gasteiger partial charge in [-0.2, -0.15) is 10.2 Å². The summed E-state index contributed by atoms with van der Waals surface area (Å²) in [5.41, 5.74) is 8.80. The lowest BCUT2D eigenvalue weighted by Gasteiger charge is -2.47. The van der Waals surface area contributed by atoms with Gasteiger partial charge in [0.15, 0.2) is 11.9 Å². The highest BCUT2D eigenvalue weighted by molar-refractivity contribution is 6.01. The number of ketones is 1. The number of carbonyl (C=O) groups is 1. The van der Waals surface area contributed by atoms with E-state index in [0.717, 1.165) is 42.5 Å². The predicted octanol–water partition coefficient (Wildman–Crippen LogP) is 6.20. The molecule has 5 heteroatoms. The van der Waals surface area contributed by atoms with Gasteiger partial charge in [0.1, 0.15) is 0 Å². The Morgan fingerprint density at radius 2 is 1.97 bits per heavy atom. The smallest absolute Gasteiger partial charge is 0.164 e. The first-order valence-electron chi connectivity index (χ1n) is 12.6. The van der Waals surface area contributed by atoms with E-state index in [-0.39, 0.29) is 17.4 Å². The van der Waals surface area contributed by atoms with Crippen LogP contribution < -0.4 is 5.32 Å². The lowest BCUT2D eigenvalue weighted by Crippen LogP contribution is -2.51. The van der Waals surface area contributed by atoms with Crippen molar-refractivity contribution in [2.75, 3.05) is 0 Å². The molecule has 2 aliphatic carbocycles. The molecule has 0 spiro atoms. The summed E-state index contributed by atoms with van der Waals surface area (Å²) in [6.45, 7) is 6.55. The first-order valence-corrected chi connectivity index (χ1v) is 12.6. The van der Waals surface area contributed by atoms with E-state index in [1.807, 2.05) is 12.4 Å². The predicted molar refractivity (Wildman–Crippen MR) is 133 cm³/mol. The Morgan fingerprint density at radius 1 is 1.12 bits per heavy atom. The molecule has 0 amide bonds. The van der Waals surface area contributed by atoms with E-state index in [0.29, 0.717) is 6.42 Å².